The molecule has 1 unspecified atom stereocenters. The number of para-hydroxylation sites is 1. The molecule has 1 atom stereocenters. The first-order valence-corrected chi connectivity index (χ1v) is 10.2. The first-order valence-electron chi connectivity index (χ1n) is 6.32. The van der Waals surface area contributed by atoms with Crippen molar-refractivity contribution in [3.63, 3.8) is 0 Å². The first kappa shape index (κ1) is 15.6. The second-order valence-electron chi connectivity index (χ2n) is 4.58. The molecule has 5 heteroatoms. The number of thiol groups is 1. The van der Waals surface area contributed by atoms with E-state index in [4.69, 9.17) is 21.1 Å². The summed E-state index contributed by atoms with van der Waals surface area (Å²) in [6.07, 6.45) is 0.0681. The summed E-state index contributed by atoms with van der Waals surface area (Å²) in [4.78, 5) is 0. The van der Waals surface area contributed by atoms with Crippen LogP contribution in [0.25, 0.3) is 0 Å². The van der Waals surface area contributed by atoms with Gasteiger partial charge in [0, 0.05) is 5.30 Å². The van der Waals surface area contributed by atoms with Gasteiger partial charge in [-0.15, -0.1) is 12.2 Å². The lowest BCUT2D eigenvalue weighted by Crippen LogP contribution is -2.07. The maximum absolute atomic E-state index is 5.74. The SMILES string of the molecule is CC(C)OP(=S)(S)c1ccc(Oc2ccccc2)cc1. The van der Waals surface area contributed by atoms with Gasteiger partial charge in [0.2, 0.25) is 0 Å². The normalized spacial score (nSPS) is 14.0. The average Bonchev–Trinajstić information content (AvgIpc) is 2.39. The molecule has 0 radical (unpaired) electrons. The zero-order chi connectivity index (χ0) is 14.6. The molecule has 0 aliphatic heterocycles. The van der Waals surface area contributed by atoms with E-state index in [0.29, 0.717) is 0 Å². The first-order chi connectivity index (χ1) is 9.47. The number of ether oxygens (including phenoxy) is 1. The Morgan fingerprint density at radius 1 is 0.950 bits per heavy atom. The molecule has 2 aromatic rings. The van der Waals surface area contributed by atoms with Gasteiger partial charge in [0.25, 0.3) is 0 Å². The molecule has 0 aromatic heterocycles. The topological polar surface area (TPSA) is 18.5 Å². The molecule has 2 nitrogen and oxygen atoms in total. The van der Waals surface area contributed by atoms with Gasteiger partial charge in [0.1, 0.15) is 17.0 Å². The minimum Gasteiger partial charge on any atom is -0.457 e. The van der Waals surface area contributed by atoms with Gasteiger partial charge in [-0.05, 0) is 50.2 Å². The predicted octanol–water partition coefficient (Wildman–Crippen LogP) is 4.77. The summed E-state index contributed by atoms with van der Waals surface area (Å²) < 4.78 is 11.5. The lowest BCUT2D eigenvalue weighted by Gasteiger charge is -2.19. The van der Waals surface area contributed by atoms with E-state index in [1.54, 1.807) is 0 Å². The Labute approximate surface area is 130 Å². The van der Waals surface area contributed by atoms with Crippen molar-refractivity contribution in [2.45, 2.75) is 20.0 Å². The second kappa shape index (κ2) is 6.77. The van der Waals surface area contributed by atoms with E-state index in [-0.39, 0.29) is 6.10 Å². The molecule has 0 spiro atoms. The van der Waals surface area contributed by atoms with E-state index in [2.05, 4.69) is 12.2 Å². The number of hydrogen-bond acceptors (Lipinski definition) is 3. The highest BCUT2D eigenvalue weighted by Crippen LogP contribution is 2.52. The van der Waals surface area contributed by atoms with Crippen LogP contribution in [0.2, 0.25) is 0 Å². The van der Waals surface area contributed by atoms with Crippen LogP contribution >= 0.6 is 17.7 Å². The van der Waals surface area contributed by atoms with Gasteiger partial charge in [-0.3, -0.25) is 0 Å². The van der Waals surface area contributed by atoms with Gasteiger partial charge in [0.05, 0.1) is 6.10 Å². The van der Waals surface area contributed by atoms with Crippen molar-refractivity contribution in [2.24, 2.45) is 0 Å². The van der Waals surface area contributed by atoms with Gasteiger partial charge in [-0.25, -0.2) is 0 Å². The fourth-order valence-corrected chi connectivity index (χ4v) is 4.74. The number of hydrogen-bond donors (Lipinski definition) is 1. The highest BCUT2D eigenvalue weighted by molar-refractivity contribution is 8.64. The van der Waals surface area contributed by atoms with Crippen molar-refractivity contribution < 1.29 is 9.26 Å². The van der Waals surface area contributed by atoms with Crippen molar-refractivity contribution in [3.05, 3.63) is 54.6 Å². The quantitative estimate of drug-likeness (QED) is 0.631. The van der Waals surface area contributed by atoms with Crippen molar-refractivity contribution in [3.8, 4) is 11.5 Å². The minimum atomic E-state index is -2.23. The molecule has 0 heterocycles. The number of benzene rings is 2. The molecule has 106 valence electrons. The van der Waals surface area contributed by atoms with Crippen molar-refractivity contribution in [1.82, 2.24) is 0 Å². The van der Waals surface area contributed by atoms with Crippen LogP contribution in [0.3, 0.4) is 0 Å². The van der Waals surface area contributed by atoms with Crippen LogP contribution in [0.4, 0.5) is 0 Å². The lowest BCUT2D eigenvalue weighted by molar-refractivity contribution is 0.279. The van der Waals surface area contributed by atoms with E-state index in [1.807, 2.05) is 68.4 Å². The monoisotopic (exact) mass is 324 g/mol. The van der Waals surface area contributed by atoms with E-state index >= 15 is 0 Å². The molecular weight excluding hydrogens is 307 g/mol. The fraction of sp³-hybridized carbons (Fsp3) is 0.200. The molecule has 0 aliphatic rings. The van der Waals surface area contributed by atoms with Crippen molar-refractivity contribution in [2.75, 3.05) is 0 Å². The molecular formula is C15H17O2PS2. The van der Waals surface area contributed by atoms with E-state index in [0.717, 1.165) is 16.8 Å². The molecule has 0 fully saturated rings. The molecule has 0 saturated carbocycles. The molecule has 0 bridgehead atoms. The Balaban J connectivity index is 2.12. The van der Waals surface area contributed by atoms with E-state index in [1.165, 1.54) is 0 Å². The molecule has 0 aliphatic carbocycles. The largest absolute Gasteiger partial charge is 0.457 e. The summed E-state index contributed by atoms with van der Waals surface area (Å²) in [6, 6.07) is 17.3. The second-order valence-corrected chi connectivity index (χ2v) is 10.4. The molecule has 20 heavy (non-hydrogen) atoms. The molecule has 0 amide bonds. The average molecular weight is 324 g/mol. The molecule has 2 rings (SSSR count). The highest BCUT2D eigenvalue weighted by Gasteiger charge is 2.17. The van der Waals surface area contributed by atoms with Crippen LogP contribution in [0.5, 0.6) is 11.5 Å². The van der Waals surface area contributed by atoms with Crippen LogP contribution in [0.15, 0.2) is 54.6 Å². The summed E-state index contributed by atoms with van der Waals surface area (Å²) in [5.41, 5.74) is -2.23. The summed E-state index contributed by atoms with van der Waals surface area (Å²) in [7, 11) is 0. The van der Waals surface area contributed by atoms with Gasteiger partial charge in [0.15, 0.2) is 0 Å². The molecule has 0 N–H and O–H groups in total. The van der Waals surface area contributed by atoms with Gasteiger partial charge >= 0.3 is 0 Å². The fourth-order valence-electron chi connectivity index (χ4n) is 1.67. The summed E-state index contributed by atoms with van der Waals surface area (Å²) in [6.45, 7) is 3.92. The van der Waals surface area contributed by atoms with Crippen LogP contribution in [0.1, 0.15) is 13.8 Å². The van der Waals surface area contributed by atoms with Crippen LogP contribution in [-0.2, 0) is 16.3 Å². The maximum atomic E-state index is 5.74. The van der Waals surface area contributed by atoms with Crippen molar-refractivity contribution >= 4 is 34.8 Å². The van der Waals surface area contributed by atoms with Gasteiger partial charge in [-0.2, -0.15) is 0 Å². The smallest absolute Gasteiger partial charge is 0.145 e. The maximum Gasteiger partial charge on any atom is 0.145 e. The lowest BCUT2D eigenvalue weighted by atomic mass is 10.3. The zero-order valence-corrected chi connectivity index (χ0v) is 14.0. The van der Waals surface area contributed by atoms with Crippen LogP contribution in [0, 0.1) is 0 Å². The van der Waals surface area contributed by atoms with Crippen LogP contribution < -0.4 is 10.0 Å². The Morgan fingerprint density at radius 3 is 2.05 bits per heavy atom. The van der Waals surface area contributed by atoms with Crippen LogP contribution in [-0.4, -0.2) is 6.10 Å². The molecule has 2 aromatic carbocycles. The molecule has 0 saturated heterocycles. The summed E-state index contributed by atoms with van der Waals surface area (Å²) in [5, 5.41) is 0.935. The standard InChI is InChI=1S/C15H17O2PS2/c1-12(2)17-18(19,20)15-10-8-14(9-11-15)16-13-6-4-3-5-7-13/h3-12H,1-2H3,(H,19,20). The van der Waals surface area contributed by atoms with Gasteiger partial charge < -0.3 is 9.26 Å². The Morgan fingerprint density at radius 2 is 1.50 bits per heavy atom. The Hall–Kier alpha value is -0.800. The summed E-state index contributed by atoms with van der Waals surface area (Å²) >= 11 is 9.98. The minimum absolute atomic E-state index is 0.0681. The predicted molar refractivity (Wildman–Crippen MR) is 92.1 cm³/mol. The Kier molecular flexibility index (Phi) is 5.28. The van der Waals surface area contributed by atoms with Gasteiger partial charge in [-0.1, -0.05) is 30.0 Å². The third-order valence-corrected chi connectivity index (χ3v) is 6.02. The van der Waals surface area contributed by atoms with E-state index < -0.39 is 5.47 Å². The van der Waals surface area contributed by atoms with Crippen molar-refractivity contribution in [1.29, 1.82) is 0 Å². The third-order valence-electron chi connectivity index (χ3n) is 2.50. The zero-order valence-electron chi connectivity index (χ0n) is 11.4. The third kappa shape index (κ3) is 4.35. The number of rotatable bonds is 5. The Bertz CT molecular complexity index is 597. The summed E-state index contributed by atoms with van der Waals surface area (Å²) in [5.74, 6) is 1.58. The highest BCUT2D eigenvalue weighted by atomic mass is 32.9. The van der Waals surface area contributed by atoms with E-state index in [9.17, 15) is 0 Å².